The molecule has 0 bridgehead atoms. The molecule has 1 aliphatic heterocycles. The van der Waals surface area contributed by atoms with Crippen LogP contribution in [-0.4, -0.2) is 40.5 Å². The van der Waals surface area contributed by atoms with E-state index in [1.54, 1.807) is 60.7 Å². The van der Waals surface area contributed by atoms with Crippen molar-refractivity contribution in [2.24, 2.45) is 5.10 Å². The highest BCUT2D eigenvalue weighted by molar-refractivity contribution is 7.92. The smallest absolute Gasteiger partial charge is 0.264 e. The Hall–Kier alpha value is -4.05. The molecule has 0 unspecified atom stereocenters. The SMILES string of the molecule is CCOc1ccc(N(CC(=O)N/N=C/c2ccc3c(c2)OCO3)S(=O)(=O)c2ccccc2)cc1. The number of hydrazone groups is 1. The van der Waals surface area contributed by atoms with E-state index in [-0.39, 0.29) is 11.7 Å². The number of hydrogen-bond donors (Lipinski definition) is 1. The van der Waals surface area contributed by atoms with Crippen molar-refractivity contribution in [3.05, 3.63) is 78.4 Å². The Morgan fingerprint density at radius 1 is 1.06 bits per heavy atom. The van der Waals surface area contributed by atoms with Crippen molar-refractivity contribution >= 4 is 27.8 Å². The fourth-order valence-corrected chi connectivity index (χ4v) is 4.69. The van der Waals surface area contributed by atoms with Crippen LogP contribution in [0.3, 0.4) is 0 Å². The highest BCUT2D eigenvalue weighted by Crippen LogP contribution is 2.32. The van der Waals surface area contributed by atoms with Crippen LogP contribution in [0, 0.1) is 0 Å². The van der Waals surface area contributed by atoms with Crippen LogP contribution in [-0.2, 0) is 14.8 Å². The van der Waals surface area contributed by atoms with Crippen LogP contribution in [0.5, 0.6) is 17.2 Å². The molecule has 176 valence electrons. The van der Waals surface area contributed by atoms with E-state index in [1.165, 1.54) is 18.3 Å². The molecule has 0 atom stereocenters. The molecule has 0 fully saturated rings. The summed E-state index contributed by atoms with van der Waals surface area (Å²) in [6.45, 7) is 2.03. The Bertz CT molecular complexity index is 1280. The average Bonchev–Trinajstić information content (AvgIpc) is 3.32. The van der Waals surface area contributed by atoms with Gasteiger partial charge in [-0.15, -0.1) is 0 Å². The van der Waals surface area contributed by atoms with Crippen molar-refractivity contribution in [1.29, 1.82) is 0 Å². The van der Waals surface area contributed by atoms with E-state index in [9.17, 15) is 13.2 Å². The third kappa shape index (κ3) is 5.29. The second kappa shape index (κ2) is 10.3. The maximum absolute atomic E-state index is 13.3. The number of benzene rings is 3. The molecular weight excluding hydrogens is 458 g/mol. The zero-order chi connectivity index (χ0) is 24.0. The van der Waals surface area contributed by atoms with Gasteiger partial charge in [-0.25, -0.2) is 13.8 Å². The predicted molar refractivity (Wildman–Crippen MR) is 127 cm³/mol. The maximum Gasteiger partial charge on any atom is 0.264 e. The van der Waals surface area contributed by atoms with Gasteiger partial charge in [0.1, 0.15) is 12.3 Å². The molecule has 34 heavy (non-hydrogen) atoms. The van der Waals surface area contributed by atoms with E-state index < -0.39 is 22.5 Å². The predicted octanol–water partition coefficient (Wildman–Crippen LogP) is 3.16. The number of carbonyl (C=O) groups is 1. The molecule has 0 saturated heterocycles. The Morgan fingerprint density at radius 2 is 1.79 bits per heavy atom. The number of sulfonamides is 1. The molecule has 1 N–H and O–H groups in total. The molecule has 0 aliphatic carbocycles. The second-order valence-electron chi connectivity index (χ2n) is 7.16. The van der Waals surface area contributed by atoms with Gasteiger partial charge in [-0.05, 0) is 67.1 Å². The Morgan fingerprint density at radius 3 is 2.53 bits per heavy atom. The van der Waals surface area contributed by atoms with Crippen LogP contribution in [0.15, 0.2) is 82.8 Å². The molecule has 3 aromatic rings. The molecule has 10 heteroatoms. The molecule has 1 heterocycles. The number of rotatable bonds is 9. The normalized spacial score (nSPS) is 12.5. The largest absolute Gasteiger partial charge is 0.494 e. The van der Waals surface area contributed by atoms with Crippen molar-refractivity contribution in [3.63, 3.8) is 0 Å². The lowest BCUT2D eigenvalue weighted by Crippen LogP contribution is -2.39. The van der Waals surface area contributed by atoms with E-state index in [0.29, 0.717) is 35.1 Å². The van der Waals surface area contributed by atoms with Crippen LogP contribution in [0.25, 0.3) is 0 Å². The van der Waals surface area contributed by atoms with E-state index >= 15 is 0 Å². The van der Waals surface area contributed by atoms with Gasteiger partial charge >= 0.3 is 0 Å². The zero-order valence-corrected chi connectivity index (χ0v) is 19.2. The summed E-state index contributed by atoms with van der Waals surface area (Å²) in [6.07, 6.45) is 1.44. The molecule has 0 aromatic heterocycles. The summed E-state index contributed by atoms with van der Waals surface area (Å²) < 4.78 is 43.7. The van der Waals surface area contributed by atoms with Crippen molar-refractivity contribution in [3.8, 4) is 17.2 Å². The monoisotopic (exact) mass is 481 g/mol. The van der Waals surface area contributed by atoms with E-state index in [1.807, 2.05) is 6.92 Å². The first-order chi connectivity index (χ1) is 16.5. The topological polar surface area (TPSA) is 107 Å². The van der Waals surface area contributed by atoms with Gasteiger partial charge in [-0.3, -0.25) is 9.10 Å². The van der Waals surface area contributed by atoms with Gasteiger partial charge in [-0.2, -0.15) is 5.10 Å². The van der Waals surface area contributed by atoms with Crippen molar-refractivity contribution in [2.75, 3.05) is 24.2 Å². The highest BCUT2D eigenvalue weighted by Gasteiger charge is 2.27. The average molecular weight is 482 g/mol. The number of hydrogen-bond acceptors (Lipinski definition) is 7. The summed E-state index contributed by atoms with van der Waals surface area (Å²) in [4.78, 5) is 12.7. The quantitative estimate of drug-likeness (QED) is 0.372. The molecule has 0 spiro atoms. The lowest BCUT2D eigenvalue weighted by atomic mass is 10.2. The van der Waals surface area contributed by atoms with Crippen molar-refractivity contribution in [2.45, 2.75) is 11.8 Å². The number of fused-ring (bicyclic) bond motifs is 1. The molecule has 4 rings (SSSR count). The number of nitrogens with one attached hydrogen (secondary N) is 1. The molecular formula is C24H23N3O6S. The third-order valence-electron chi connectivity index (χ3n) is 4.85. The second-order valence-corrected chi connectivity index (χ2v) is 9.02. The number of amides is 1. The molecule has 0 saturated carbocycles. The van der Waals surface area contributed by atoms with Gasteiger partial charge in [-0.1, -0.05) is 18.2 Å². The van der Waals surface area contributed by atoms with E-state index in [2.05, 4.69) is 10.5 Å². The minimum absolute atomic E-state index is 0.0699. The van der Waals surface area contributed by atoms with Crippen molar-refractivity contribution in [1.82, 2.24) is 5.43 Å². The van der Waals surface area contributed by atoms with Gasteiger partial charge < -0.3 is 14.2 Å². The van der Waals surface area contributed by atoms with Crippen LogP contribution in [0.2, 0.25) is 0 Å². The first kappa shape index (κ1) is 23.1. The number of carbonyl (C=O) groups excluding carboxylic acids is 1. The van der Waals surface area contributed by atoms with Gasteiger partial charge in [0.25, 0.3) is 15.9 Å². The zero-order valence-electron chi connectivity index (χ0n) is 18.4. The summed E-state index contributed by atoms with van der Waals surface area (Å²) in [6, 6.07) is 19.6. The highest BCUT2D eigenvalue weighted by atomic mass is 32.2. The minimum atomic E-state index is -4.01. The third-order valence-corrected chi connectivity index (χ3v) is 6.64. The van der Waals surface area contributed by atoms with Crippen LogP contribution in [0.4, 0.5) is 5.69 Å². The minimum Gasteiger partial charge on any atom is -0.494 e. The van der Waals surface area contributed by atoms with Crippen LogP contribution < -0.4 is 23.9 Å². The fraction of sp³-hybridized carbons (Fsp3) is 0.167. The summed E-state index contributed by atoms with van der Waals surface area (Å²) in [5, 5.41) is 3.94. The van der Waals surface area contributed by atoms with Crippen LogP contribution in [0.1, 0.15) is 12.5 Å². The Balaban J connectivity index is 1.52. The van der Waals surface area contributed by atoms with E-state index in [0.717, 1.165) is 4.31 Å². The summed E-state index contributed by atoms with van der Waals surface area (Å²) in [5.41, 5.74) is 3.39. The first-order valence-corrected chi connectivity index (χ1v) is 11.9. The first-order valence-electron chi connectivity index (χ1n) is 10.5. The lowest BCUT2D eigenvalue weighted by molar-refractivity contribution is -0.119. The molecule has 9 nitrogen and oxygen atoms in total. The Labute approximate surface area is 197 Å². The van der Waals surface area contributed by atoms with Gasteiger partial charge in [0.15, 0.2) is 11.5 Å². The summed E-state index contributed by atoms with van der Waals surface area (Å²) in [7, 11) is -4.01. The number of ether oxygens (including phenoxy) is 3. The van der Waals surface area contributed by atoms with Crippen molar-refractivity contribution < 1.29 is 27.4 Å². The summed E-state index contributed by atoms with van der Waals surface area (Å²) >= 11 is 0. The van der Waals surface area contributed by atoms with E-state index in [4.69, 9.17) is 14.2 Å². The fourth-order valence-electron chi connectivity index (χ4n) is 3.25. The molecule has 3 aromatic carbocycles. The maximum atomic E-state index is 13.3. The molecule has 0 radical (unpaired) electrons. The lowest BCUT2D eigenvalue weighted by Gasteiger charge is -2.24. The standard InChI is InChI=1S/C24H23N3O6S/c1-2-31-20-11-9-19(10-12-20)27(34(29,30)21-6-4-3-5-7-21)16-24(28)26-25-15-18-8-13-22-23(14-18)33-17-32-22/h3-15H,2,16-17H2,1H3,(H,26,28)/b25-15+. The Kier molecular flexibility index (Phi) is 6.98. The van der Waals surface area contributed by atoms with Crippen LogP contribution >= 0.6 is 0 Å². The molecule has 1 aliphatic rings. The van der Waals surface area contributed by atoms with Gasteiger partial charge in [0.05, 0.1) is 23.4 Å². The molecule has 1 amide bonds. The number of nitrogens with zero attached hydrogens (tertiary/aromatic N) is 2. The van der Waals surface area contributed by atoms with Gasteiger partial charge in [0, 0.05) is 0 Å². The number of anilines is 1. The van der Waals surface area contributed by atoms with Gasteiger partial charge in [0.2, 0.25) is 6.79 Å². The summed E-state index contributed by atoms with van der Waals surface area (Å²) in [5.74, 6) is 1.22.